The number of nitrogens with one attached hydrogen (secondary N) is 2. The van der Waals surface area contributed by atoms with Gasteiger partial charge in [-0.1, -0.05) is 24.3 Å². The highest BCUT2D eigenvalue weighted by atomic mass is 16.7. The molecule has 0 aliphatic carbocycles. The molecule has 2 aliphatic heterocycles. The molecule has 3 atom stereocenters. The second-order valence-electron chi connectivity index (χ2n) is 10.8. The van der Waals surface area contributed by atoms with Crippen LogP contribution in [0.2, 0.25) is 0 Å². The SMILES string of the molecule is CC(C)(C)OC(=O)[C@@H]1Cc2cccc(c2)Oc2cccc(c2)C[C@H](N)C(=O)N[C@@H](CC2OCCCO2)C(=O)N1. The van der Waals surface area contributed by atoms with E-state index in [4.69, 9.17) is 24.7 Å². The lowest BCUT2D eigenvalue weighted by molar-refractivity contribution is -0.185. The Kier molecular flexibility index (Phi) is 9.21. The Labute approximate surface area is 228 Å². The Balaban J connectivity index is 1.68. The fourth-order valence-electron chi connectivity index (χ4n) is 4.40. The predicted molar refractivity (Wildman–Crippen MR) is 143 cm³/mol. The Morgan fingerprint density at radius 3 is 2.18 bits per heavy atom. The molecule has 10 nitrogen and oxygen atoms in total. The summed E-state index contributed by atoms with van der Waals surface area (Å²) in [6, 6.07) is 11.6. The van der Waals surface area contributed by atoms with Crippen LogP contribution in [0.1, 0.15) is 44.7 Å². The molecular weight excluding hydrogens is 502 g/mol. The molecule has 2 aromatic rings. The van der Waals surface area contributed by atoms with Gasteiger partial charge in [-0.15, -0.1) is 0 Å². The van der Waals surface area contributed by atoms with Gasteiger partial charge in [0.2, 0.25) is 11.8 Å². The van der Waals surface area contributed by atoms with E-state index in [-0.39, 0.29) is 19.3 Å². The number of benzene rings is 2. The molecule has 0 aromatic heterocycles. The summed E-state index contributed by atoms with van der Waals surface area (Å²) >= 11 is 0. The van der Waals surface area contributed by atoms with Crippen LogP contribution in [0.3, 0.4) is 0 Å². The van der Waals surface area contributed by atoms with Crippen LogP contribution in [-0.2, 0) is 41.4 Å². The highest BCUT2D eigenvalue weighted by Crippen LogP contribution is 2.25. The summed E-state index contributed by atoms with van der Waals surface area (Å²) in [5.74, 6) is -0.514. The van der Waals surface area contributed by atoms with Crippen molar-refractivity contribution in [3.05, 3.63) is 59.7 Å². The van der Waals surface area contributed by atoms with Crippen LogP contribution in [0.25, 0.3) is 0 Å². The fourth-order valence-corrected chi connectivity index (χ4v) is 4.40. The summed E-state index contributed by atoms with van der Waals surface area (Å²) in [6.45, 7) is 6.25. The number of amides is 2. The number of fused-ring (bicyclic) bond motifs is 4. The van der Waals surface area contributed by atoms with E-state index >= 15 is 0 Å². The lowest BCUT2D eigenvalue weighted by Crippen LogP contribution is -2.56. The second kappa shape index (κ2) is 12.6. The van der Waals surface area contributed by atoms with Gasteiger partial charge in [0.1, 0.15) is 29.2 Å². The molecule has 10 heteroatoms. The van der Waals surface area contributed by atoms with E-state index in [9.17, 15) is 14.4 Å². The van der Waals surface area contributed by atoms with Crippen molar-refractivity contribution < 1.29 is 33.3 Å². The molecule has 4 bridgehead atoms. The average Bonchev–Trinajstić information content (AvgIpc) is 2.87. The smallest absolute Gasteiger partial charge is 0.329 e. The molecule has 2 aromatic carbocycles. The van der Waals surface area contributed by atoms with Gasteiger partial charge >= 0.3 is 5.97 Å². The first kappa shape index (κ1) is 28.5. The Bertz CT molecular complexity index is 1170. The first-order valence-corrected chi connectivity index (χ1v) is 13.2. The van der Waals surface area contributed by atoms with Crippen LogP contribution in [0, 0.1) is 0 Å². The number of carbonyl (C=O) groups excluding carboxylic acids is 3. The maximum absolute atomic E-state index is 13.6. The molecule has 0 saturated carbocycles. The predicted octanol–water partition coefficient (Wildman–Crippen LogP) is 2.37. The van der Waals surface area contributed by atoms with Crippen molar-refractivity contribution >= 4 is 17.8 Å². The van der Waals surface area contributed by atoms with Crippen molar-refractivity contribution in [3.8, 4) is 11.5 Å². The molecule has 1 saturated heterocycles. The third-order valence-electron chi connectivity index (χ3n) is 6.23. The quantitative estimate of drug-likeness (QED) is 0.506. The maximum atomic E-state index is 13.6. The van der Waals surface area contributed by atoms with Crippen molar-refractivity contribution in [2.45, 2.75) is 76.5 Å². The molecular formula is C29H37N3O7. The Hall–Kier alpha value is -3.47. The van der Waals surface area contributed by atoms with Gasteiger partial charge in [0.05, 0.1) is 19.3 Å². The lowest BCUT2D eigenvalue weighted by Gasteiger charge is -2.30. The molecule has 210 valence electrons. The van der Waals surface area contributed by atoms with Gasteiger partial charge in [-0.25, -0.2) is 4.79 Å². The summed E-state index contributed by atoms with van der Waals surface area (Å²) in [5.41, 5.74) is 7.04. The van der Waals surface area contributed by atoms with Crippen LogP contribution in [0.15, 0.2) is 48.5 Å². The first-order chi connectivity index (χ1) is 18.6. The van der Waals surface area contributed by atoms with Crippen LogP contribution in [0.4, 0.5) is 0 Å². The number of hydrogen-bond donors (Lipinski definition) is 3. The van der Waals surface area contributed by atoms with Crippen LogP contribution >= 0.6 is 0 Å². The van der Waals surface area contributed by atoms with E-state index in [1.54, 1.807) is 26.8 Å². The van der Waals surface area contributed by atoms with E-state index < -0.39 is 47.8 Å². The standard InChI is InChI=1S/C29H37N3O7/c1-29(2,3)39-28(35)24-16-19-8-5-10-21(14-19)38-20-9-4-7-18(13-20)15-22(30)26(33)31-23(27(34)32-24)17-25-36-11-6-12-37-25/h4-5,7-10,13-14,22-25H,6,11-12,15-17,30H2,1-3H3,(H,31,33)(H,32,34)/t22-,23-,24-/m0/s1. The zero-order valence-electron chi connectivity index (χ0n) is 22.6. The van der Waals surface area contributed by atoms with Crippen molar-refractivity contribution in [2.75, 3.05) is 13.2 Å². The van der Waals surface area contributed by atoms with E-state index in [0.717, 1.165) is 17.5 Å². The Morgan fingerprint density at radius 2 is 1.56 bits per heavy atom. The zero-order valence-corrected chi connectivity index (χ0v) is 22.6. The van der Waals surface area contributed by atoms with Gasteiger partial charge in [-0.3, -0.25) is 9.59 Å². The van der Waals surface area contributed by atoms with E-state index in [1.165, 1.54) is 0 Å². The van der Waals surface area contributed by atoms with Gasteiger partial charge in [0.15, 0.2) is 6.29 Å². The molecule has 0 spiro atoms. The molecule has 2 heterocycles. The summed E-state index contributed by atoms with van der Waals surface area (Å²) in [4.78, 5) is 39.9. The van der Waals surface area contributed by atoms with Gasteiger partial charge in [-0.2, -0.15) is 0 Å². The molecule has 4 N–H and O–H groups in total. The molecule has 39 heavy (non-hydrogen) atoms. The zero-order chi connectivity index (χ0) is 28.0. The van der Waals surface area contributed by atoms with E-state index in [2.05, 4.69) is 10.6 Å². The second-order valence-corrected chi connectivity index (χ2v) is 10.8. The summed E-state index contributed by atoms with van der Waals surface area (Å²) in [6.07, 6.45) is 0.502. The number of hydrogen-bond acceptors (Lipinski definition) is 8. The molecule has 1 fully saturated rings. The highest BCUT2D eigenvalue weighted by molar-refractivity contribution is 5.92. The fraction of sp³-hybridized carbons (Fsp3) is 0.483. The highest BCUT2D eigenvalue weighted by Gasteiger charge is 2.33. The lowest BCUT2D eigenvalue weighted by atomic mass is 10.0. The maximum Gasteiger partial charge on any atom is 0.329 e. The largest absolute Gasteiger partial charge is 0.458 e. The third kappa shape index (κ3) is 8.51. The topological polar surface area (TPSA) is 138 Å². The van der Waals surface area contributed by atoms with E-state index in [0.29, 0.717) is 24.7 Å². The van der Waals surface area contributed by atoms with Gasteiger partial charge in [-0.05, 0) is 69.0 Å². The monoisotopic (exact) mass is 539 g/mol. The molecule has 2 aliphatic rings. The van der Waals surface area contributed by atoms with Crippen molar-refractivity contribution in [3.63, 3.8) is 0 Å². The summed E-state index contributed by atoms with van der Waals surface area (Å²) in [5, 5.41) is 5.54. The molecule has 0 unspecified atom stereocenters. The van der Waals surface area contributed by atoms with Gasteiger partial charge in [0.25, 0.3) is 0 Å². The number of nitrogens with two attached hydrogens (primary N) is 1. The normalized spacial score (nSPS) is 23.2. The number of carbonyl (C=O) groups is 3. The van der Waals surface area contributed by atoms with Crippen molar-refractivity contribution in [2.24, 2.45) is 5.73 Å². The Morgan fingerprint density at radius 1 is 0.949 bits per heavy atom. The number of esters is 1. The van der Waals surface area contributed by atoms with Gasteiger partial charge < -0.3 is 35.3 Å². The summed E-state index contributed by atoms with van der Waals surface area (Å²) in [7, 11) is 0. The van der Waals surface area contributed by atoms with E-state index in [1.807, 2.05) is 42.5 Å². The van der Waals surface area contributed by atoms with Crippen LogP contribution in [0.5, 0.6) is 11.5 Å². The van der Waals surface area contributed by atoms with Crippen LogP contribution < -0.4 is 21.1 Å². The molecule has 0 radical (unpaired) electrons. The molecule has 2 amide bonds. The van der Waals surface area contributed by atoms with Crippen molar-refractivity contribution in [1.29, 1.82) is 0 Å². The van der Waals surface area contributed by atoms with Crippen LogP contribution in [-0.4, -0.2) is 61.0 Å². The minimum atomic E-state index is -1.05. The minimum absolute atomic E-state index is 0.0597. The number of ether oxygens (including phenoxy) is 4. The first-order valence-electron chi connectivity index (χ1n) is 13.2. The number of rotatable bonds is 3. The summed E-state index contributed by atoms with van der Waals surface area (Å²) < 4.78 is 22.9. The molecule has 4 rings (SSSR count). The van der Waals surface area contributed by atoms with Crippen molar-refractivity contribution in [1.82, 2.24) is 10.6 Å². The minimum Gasteiger partial charge on any atom is -0.458 e. The third-order valence-corrected chi connectivity index (χ3v) is 6.23. The van der Waals surface area contributed by atoms with Gasteiger partial charge in [0, 0.05) is 12.8 Å². The average molecular weight is 540 g/mol.